The monoisotopic (exact) mass is 215 g/mol. The highest BCUT2D eigenvalue weighted by atomic mass is 19.1. The molecule has 0 saturated carbocycles. The molecule has 0 amide bonds. The first kappa shape index (κ1) is 11.8. The summed E-state index contributed by atoms with van der Waals surface area (Å²) in [6, 6.07) is 1.06. The van der Waals surface area contributed by atoms with E-state index in [9.17, 15) is 14.6 Å². The van der Waals surface area contributed by atoms with Gasteiger partial charge in [0.05, 0.1) is 12.3 Å². The van der Waals surface area contributed by atoms with Gasteiger partial charge in [-0.25, -0.2) is 9.37 Å². The number of anilines is 1. The van der Waals surface area contributed by atoms with Crippen LogP contribution < -0.4 is 11.1 Å². The predicted octanol–water partition coefficient (Wildman–Crippen LogP) is -0.583. The number of nitrogens with two attached hydrogens (primary N) is 1. The van der Waals surface area contributed by atoms with E-state index in [0.29, 0.717) is 0 Å². The van der Waals surface area contributed by atoms with Crippen LogP contribution in [0.5, 0.6) is 0 Å². The number of hydrogen-bond donors (Lipinski definition) is 4. The third kappa shape index (κ3) is 2.85. The summed E-state index contributed by atoms with van der Waals surface area (Å²) in [6.07, 6.45) is -1.35. The van der Waals surface area contributed by atoms with Crippen LogP contribution >= 0.6 is 0 Å². The number of rotatable bonds is 4. The number of aliphatic hydroxyl groups excluding tert-OH is 2. The van der Waals surface area contributed by atoms with Gasteiger partial charge >= 0.3 is 0 Å². The molecule has 0 aliphatic carbocycles. The van der Waals surface area contributed by atoms with Crippen LogP contribution in [0.4, 0.5) is 10.2 Å². The molecule has 1 heterocycles. The minimum absolute atomic E-state index is 0.0130. The van der Waals surface area contributed by atoms with E-state index in [1.165, 1.54) is 0 Å². The zero-order chi connectivity index (χ0) is 11.4. The zero-order valence-corrected chi connectivity index (χ0v) is 8.31. The Balaban J connectivity index is 2.89. The number of hydrogen-bond acceptors (Lipinski definition) is 5. The molecule has 1 aromatic rings. The highest BCUT2D eigenvalue weighted by Crippen LogP contribution is 2.21. The van der Waals surface area contributed by atoms with Gasteiger partial charge in [-0.3, -0.25) is 0 Å². The summed E-state index contributed by atoms with van der Waals surface area (Å²) >= 11 is 0. The van der Waals surface area contributed by atoms with Crippen molar-refractivity contribution in [3.8, 4) is 0 Å². The second-order valence-electron chi connectivity index (χ2n) is 3.20. The Bertz CT molecular complexity index is 335. The normalized spacial score (nSPS) is 14.9. The van der Waals surface area contributed by atoms with Crippen LogP contribution in [0.3, 0.4) is 0 Å². The first-order valence-corrected chi connectivity index (χ1v) is 4.48. The molecule has 0 aliphatic heterocycles. The van der Waals surface area contributed by atoms with Crippen LogP contribution in [0.1, 0.15) is 11.7 Å². The molecular weight excluding hydrogens is 201 g/mol. The third-order valence-corrected chi connectivity index (χ3v) is 2.01. The summed E-state index contributed by atoms with van der Waals surface area (Å²) < 4.78 is 12.8. The van der Waals surface area contributed by atoms with E-state index in [2.05, 4.69) is 10.3 Å². The molecule has 1 rings (SSSR count). The Morgan fingerprint density at radius 3 is 2.87 bits per heavy atom. The lowest BCUT2D eigenvalue weighted by atomic mass is 10.1. The van der Waals surface area contributed by atoms with Crippen molar-refractivity contribution in [2.24, 2.45) is 0 Å². The van der Waals surface area contributed by atoms with Crippen molar-refractivity contribution in [3.63, 3.8) is 0 Å². The first-order valence-electron chi connectivity index (χ1n) is 4.48. The topological polar surface area (TPSA) is 91.4 Å². The Morgan fingerprint density at radius 2 is 2.27 bits per heavy atom. The largest absolute Gasteiger partial charge is 0.389 e. The lowest BCUT2D eigenvalue weighted by Crippen LogP contribution is -2.30. The van der Waals surface area contributed by atoms with E-state index in [0.717, 1.165) is 12.3 Å². The number of aliphatic hydroxyl groups is 2. The molecule has 84 valence electrons. The van der Waals surface area contributed by atoms with Gasteiger partial charge < -0.3 is 21.3 Å². The fraction of sp³-hybridized carbons (Fsp3) is 0.444. The Hall–Kier alpha value is -1.24. The van der Waals surface area contributed by atoms with Crippen LogP contribution in [-0.2, 0) is 0 Å². The van der Waals surface area contributed by atoms with Crippen LogP contribution in [0.2, 0.25) is 0 Å². The lowest BCUT2D eigenvalue weighted by Gasteiger charge is -2.18. The van der Waals surface area contributed by atoms with Gasteiger partial charge in [0.2, 0.25) is 0 Å². The van der Waals surface area contributed by atoms with Crippen LogP contribution in [0, 0.1) is 5.82 Å². The second-order valence-corrected chi connectivity index (χ2v) is 3.20. The van der Waals surface area contributed by atoms with Crippen molar-refractivity contribution in [2.75, 3.05) is 19.3 Å². The maximum atomic E-state index is 12.8. The van der Waals surface area contributed by atoms with E-state index in [4.69, 9.17) is 5.73 Å². The van der Waals surface area contributed by atoms with Crippen molar-refractivity contribution >= 4 is 5.82 Å². The highest BCUT2D eigenvalue weighted by Gasteiger charge is 2.20. The predicted molar refractivity (Wildman–Crippen MR) is 53.5 cm³/mol. The van der Waals surface area contributed by atoms with E-state index >= 15 is 0 Å². The quantitative estimate of drug-likeness (QED) is 0.539. The Labute approximate surface area is 86.8 Å². The SMILES string of the molecule is CNCC(O)C(O)c1cc(F)cnc1N. The van der Waals surface area contributed by atoms with Crippen molar-refractivity contribution in [1.82, 2.24) is 10.3 Å². The number of likely N-dealkylation sites (N-methyl/N-ethyl adjacent to an activating group) is 1. The molecule has 0 spiro atoms. The zero-order valence-electron chi connectivity index (χ0n) is 8.31. The summed E-state index contributed by atoms with van der Waals surface area (Å²) in [7, 11) is 1.63. The number of nitrogens with one attached hydrogen (secondary N) is 1. The van der Waals surface area contributed by atoms with Crippen molar-refractivity contribution < 1.29 is 14.6 Å². The smallest absolute Gasteiger partial charge is 0.142 e. The van der Waals surface area contributed by atoms with Crippen LogP contribution in [-0.4, -0.2) is 34.9 Å². The minimum atomic E-state index is -1.25. The molecule has 1 aromatic heterocycles. The van der Waals surface area contributed by atoms with Gasteiger partial charge in [-0.05, 0) is 13.1 Å². The minimum Gasteiger partial charge on any atom is -0.389 e. The number of halogens is 1. The third-order valence-electron chi connectivity index (χ3n) is 2.01. The molecule has 15 heavy (non-hydrogen) atoms. The first-order chi connectivity index (χ1) is 7.06. The molecule has 6 heteroatoms. The molecule has 2 atom stereocenters. The van der Waals surface area contributed by atoms with Gasteiger partial charge in [0.15, 0.2) is 0 Å². The fourth-order valence-corrected chi connectivity index (χ4v) is 1.23. The van der Waals surface area contributed by atoms with Crippen LogP contribution in [0.15, 0.2) is 12.3 Å². The Kier molecular flexibility index (Phi) is 3.96. The lowest BCUT2D eigenvalue weighted by molar-refractivity contribution is 0.0203. The molecule has 5 N–H and O–H groups in total. The molecule has 5 nitrogen and oxygen atoms in total. The summed E-state index contributed by atoms with van der Waals surface area (Å²) in [5, 5.41) is 21.8. The van der Waals surface area contributed by atoms with Gasteiger partial charge in [0, 0.05) is 12.1 Å². The van der Waals surface area contributed by atoms with Crippen LogP contribution in [0.25, 0.3) is 0 Å². The average molecular weight is 215 g/mol. The fourth-order valence-electron chi connectivity index (χ4n) is 1.23. The van der Waals surface area contributed by atoms with E-state index in [1.807, 2.05) is 0 Å². The molecule has 0 bridgehead atoms. The summed E-state index contributed by atoms with van der Waals surface area (Å²) in [5.74, 6) is -0.589. The second kappa shape index (κ2) is 5.01. The molecule has 0 aromatic carbocycles. The maximum Gasteiger partial charge on any atom is 0.142 e. The van der Waals surface area contributed by atoms with Crippen molar-refractivity contribution in [2.45, 2.75) is 12.2 Å². The van der Waals surface area contributed by atoms with Gasteiger partial charge in [0.25, 0.3) is 0 Å². The summed E-state index contributed by atoms with van der Waals surface area (Å²) in [6.45, 7) is 0.178. The van der Waals surface area contributed by atoms with Gasteiger partial charge in [0.1, 0.15) is 17.7 Å². The standard InChI is InChI=1S/C9H14FN3O2/c1-12-4-7(14)8(15)6-2-5(10)3-13-9(6)11/h2-3,7-8,12,14-15H,4H2,1H3,(H2,11,13). The average Bonchev–Trinajstić information content (AvgIpc) is 2.21. The van der Waals surface area contributed by atoms with E-state index in [1.54, 1.807) is 7.05 Å². The maximum absolute atomic E-state index is 12.8. The molecule has 0 fully saturated rings. The van der Waals surface area contributed by atoms with Gasteiger partial charge in [-0.1, -0.05) is 0 Å². The number of nitrogens with zero attached hydrogens (tertiary/aromatic N) is 1. The number of pyridine rings is 1. The molecule has 2 unspecified atom stereocenters. The van der Waals surface area contributed by atoms with Gasteiger partial charge in [-0.2, -0.15) is 0 Å². The summed E-state index contributed by atoms with van der Waals surface area (Å²) in [5.41, 5.74) is 5.55. The van der Waals surface area contributed by atoms with Crippen molar-refractivity contribution in [1.29, 1.82) is 0 Å². The van der Waals surface area contributed by atoms with Gasteiger partial charge in [-0.15, -0.1) is 0 Å². The molecule has 0 aliphatic rings. The number of nitrogen functional groups attached to an aromatic ring is 1. The summed E-state index contributed by atoms with van der Waals surface area (Å²) in [4.78, 5) is 3.55. The highest BCUT2D eigenvalue weighted by molar-refractivity contribution is 5.40. The van der Waals surface area contributed by atoms with E-state index < -0.39 is 18.0 Å². The van der Waals surface area contributed by atoms with E-state index in [-0.39, 0.29) is 17.9 Å². The Morgan fingerprint density at radius 1 is 1.60 bits per heavy atom. The molecule has 0 radical (unpaired) electrons. The molecule has 0 saturated heterocycles. The molecular formula is C9H14FN3O2. The number of aromatic nitrogens is 1. The van der Waals surface area contributed by atoms with Crippen molar-refractivity contribution in [3.05, 3.63) is 23.6 Å².